The molecule has 16 heavy (non-hydrogen) atoms. The van der Waals surface area contributed by atoms with Crippen molar-refractivity contribution in [2.45, 2.75) is 33.2 Å². The van der Waals surface area contributed by atoms with Crippen LogP contribution in [0.2, 0.25) is 0 Å². The number of carbonyl (C=O) groups excluding carboxylic acids is 1. The second kappa shape index (κ2) is 4.03. The van der Waals surface area contributed by atoms with E-state index in [1.807, 2.05) is 6.92 Å². The van der Waals surface area contributed by atoms with E-state index in [2.05, 4.69) is 15.0 Å². The zero-order chi connectivity index (χ0) is 11.7. The Kier molecular flexibility index (Phi) is 2.72. The van der Waals surface area contributed by atoms with E-state index in [9.17, 15) is 4.79 Å². The third kappa shape index (κ3) is 1.82. The van der Waals surface area contributed by atoms with E-state index in [0.29, 0.717) is 24.2 Å². The number of anilines is 1. The lowest BCUT2D eigenvalue weighted by atomic mass is 10.2. The van der Waals surface area contributed by atoms with Crippen LogP contribution in [0.25, 0.3) is 0 Å². The van der Waals surface area contributed by atoms with Gasteiger partial charge in [0.1, 0.15) is 18.3 Å². The molecule has 0 radical (unpaired) electrons. The molecular formula is C10H14N4O2. The van der Waals surface area contributed by atoms with Crippen LogP contribution in [0.1, 0.15) is 25.0 Å². The van der Waals surface area contributed by atoms with Gasteiger partial charge in [-0.1, -0.05) is 6.92 Å². The summed E-state index contributed by atoms with van der Waals surface area (Å²) in [4.78, 5) is 25.5. The van der Waals surface area contributed by atoms with Gasteiger partial charge in [-0.3, -0.25) is 0 Å². The van der Waals surface area contributed by atoms with E-state index in [0.717, 1.165) is 6.42 Å². The predicted molar refractivity (Wildman–Crippen MR) is 57.2 cm³/mol. The molecule has 6 nitrogen and oxygen atoms in total. The van der Waals surface area contributed by atoms with Gasteiger partial charge >= 0.3 is 6.09 Å². The largest absolute Gasteiger partial charge is 0.447 e. The van der Waals surface area contributed by atoms with Crippen molar-refractivity contribution in [3.63, 3.8) is 0 Å². The minimum atomic E-state index is -0.378. The van der Waals surface area contributed by atoms with Gasteiger partial charge < -0.3 is 4.74 Å². The zero-order valence-corrected chi connectivity index (χ0v) is 9.60. The van der Waals surface area contributed by atoms with Gasteiger partial charge in [0.15, 0.2) is 0 Å². The Morgan fingerprint density at radius 1 is 1.31 bits per heavy atom. The maximum absolute atomic E-state index is 11.6. The van der Waals surface area contributed by atoms with Crippen molar-refractivity contribution in [2.24, 2.45) is 0 Å². The Morgan fingerprint density at radius 2 is 1.94 bits per heavy atom. The number of aryl methyl sites for hydroxylation is 2. The van der Waals surface area contributed by atoms with E-state index < -0.39 is 0 Å². The van der Waals surface area contributed by atoms with E-state index in [1.165, 1.54) is 4.90 Å². The highest BCUT2D eigenvalue weighted by Gasteiger charge is 2.35. The van der Waals surface area contributed by atoms with Crippen LogP contribution in [0.5, 0.6) is 0 Å². The summed E-state index contributed by atoms with van der Waals surface area (Å²) in [7, 11) is 0. The van der Waals surface area contributed by atoms with Crippen molar-refractivity contribution >= 4 is 12.0 Å². The number of rotatable bonds is 2. The van der Waals surface area contributed by atoms with Crippen LogP contribution >= 0.6 is 0 Å². The van der Waals surface area contributed by atoms with Crippen LogP contribution in [0, 0.1) is 13.8 Å². The van der Waals surface area contributed by atoms with Crippen LogP contribution in [-0.2, 0) is 4.74 Å². The standard InChI is InChI=1S/C10H14N4O2/c1-4-8-5-16-10(15)14(8)9-12-6(2)11-7(3)13-9/h8H,4-5H2,1-3H3/t8-/m0/s1. The lowest BCUT2D eigenvalue weighted by Gasteiger charge is -2.17. The Bertz CT molecular complexity index is 401. The lowest BCUT2D eigenvalue weighted by molar-refractivity contribution is 0.178. The van der Waals surface area contributed by atoms with E-state index in [-0.39, 0.29) is 12.1 Å². The summed E-state index contributed by atoms with van der Waals surface area (Å²) in [6, 6.07) is 0.0219. The number of ether oxygens (including phenoxy) is 1. The molecule has 0 bridgehead atoms. The maximum atomic E-state index is 11.6. The van der Waals surface area contributed by atoms with Crippen molar-refractivity contribution in [3.05, 3.63) is 11.6 Å². The van der Waals surface area contributed by atoms with E-state index in [1.54, 1.807) is 13.8 Å². The molecule has 0 spiro atoms. The highest BCUT2D eigenvalue weighted by molar-refractivity contribution is 5.88. The second-order valence-electron chi connectivity index (χ2n) is 3.74. The molecule has 2 heterocycles. The molecule has 0 N–H and O–H groups in total. The number of nitrogens with zero attached hydrogens (tertiary/aromatic N) is 4. The summed E-state index contributed by atoms with van der Waals surface area (Å²) in [5.41, 5.74) is 0. The van der Waals surface area contributed by atoms with Crippen molar-refractivity contribution in [3.8, 4) is 0 Å². The van der Waals surface area contributed by atoms with Gasteiger partial charge in [0.25, 0.3) is 0 Å². The molecule has 86 valence electrons. The van der Waals surface area contributed by atoms with Crippen LogP contribution < -0.4 is 4.90 Å². The number of amides is 1. The van der Waals surface area contributed by atoms with Gasteiger partial charge in [-0.2, -0.15) is 9.97 Å². The molecule has 0 saturated carbocycles. The quantitative estimate of drug-likeness (QED) is 0.752. The van der Waals surface area contributed by atoms with Crippen LogP contribution in [-0.4, -0.2) is 33.7 Å². The van der Waals surface area contributed by atoms with Gasteiger partial charge in [0.05, 0.1) is 6.04 Å². The van der Waals surface area contributed by atoms with Gasteiger partial charge in [-0.15, -0.1) is 0 Å². The monoisotopic (exact) mass is 222 g/mol. The summed E-state index contributed by atoms with van der Waals surface area (Å²) in [5.74, 6) is 1.61. The Labute approximate surface area is 93.7 Å². The van der Waals surface area contributed by atoms with Gasteiger partial charge in [0.2, 0.25) is 5.95 Å². The fraction of sp³-hybridized carbons (Fsp3) is 0.600. The smallest absolute Gasteiger partial charge is 0.417 e. The normalized spacial score (nSPS) is 20.1. The van der Waals surface area contributed by atoms with E-state index in [4.69, 9.17) is 4.74 Å². The number of carbonyl (C=O) groups is 1. The average Bonchev–Trinajstić information content (AvgIpc) is 2.58. The molecule has 1 aromatic heterocycles. The third-order valence-corrected chi connectivity index (χ3v) is 2.49. The average molecular weight is 222 g/mol. The summed E-state index contributed by atoms with van der Waals surface area (Å²) < 4.78 is 4.99. The number of cyclic esters (lactones) is 1. The summed E-state index contributed by atoms with van der Waals surface area (Å²) in [6.07, 6.45) is 0.437. The highest BCUT2D eigenvalue weighted by Crippen LogP contribution is 2.21. The van der Waals surface area contributed by atoms with Crippen molar-refractivity contribution in [1.82, 2.24) is 15.0 Å². The molecule has 0 aromatic carbocycles. The molecule has 1 aliphatic heterocycles. The van der Waals surface area contributed by atoms with Gasteiger partial charge in [-0.05, 0) is 20.3 Å². The molecule has 1 aliphatic rings. The molecule has 1 saturated heterocycles. The molecule has 1 atom stereocenters. The molecule has 1 fully saturated rings. The minimum Gasteiger partial charge on any atom is -0.447 e. The Balaban J connectivity index is 2.38. The Hall–Kier alpha value is -1.72. The van der Waals surface area contributed by atoms with E-state index >= 15 is 0 Å². The van der Waals surface area contributed by atoms with Crippen LogP contribution in [0.15, 0.2) is 0 Å². The summed E-state index contributed by atoms with van der Waals surface area (Å²) in [6.45, 7) is 5.96. The number of aromatic nitrogens is 3. The number of hydrogen-bond acceptors (Lipinski definition) is 5. The van der Waals surface area contributed by atoms with Crippen LogP contribution in [0.4, 0.5) is 10.7 Å². The molecule has 0 unspecified atom stereocenters. The predicted octanol–water partition coefficient (Wildman–Crippen LogP) is 1.22. The summed E-state index contributed by atoms with van der Waals surface area (Å²) in [5, 5.41) is 0. The fourth-order valence-corrected chi connectivity index (χ4v) is 1.71. The summed E-state index contributed by atoms with van der Waals surface area (Å²) >= 11 is 0. The van der Waals surface area contributed by atoms with Crippen molar-refractivity contribution in [2.75, 3.05) is 11.5 Å². The fourth-order valence-electron chi connectivity index (χ4n) is 1.71. The molecule has 0 aliphatic carbocycles. The van der Waals surface area contributed by atoms with Crippen LogP contribution in [0.3, 0.4) is 0 Å². The highest BCUT2D eigenvalue weighted by atomic mass is 16.6. The molecule has 1 amide bonds. The second-order valence-corrected chi connectivity index (χ2v) is 3.74. The Morgan fingerprint density at radius 3 is 2.50 bits per heavy atom. The third-order valence-electron chi connectivity index (χ3n) is 2.49. The zero-order valence-electron chi connectivity index (χ0n) is 9.60. The van der Waals surface area contributed by atoms with Gasteiger partial charge in [-0.25, -0.2) is 14.7 Å². The molecular weight excluding hydrogens is 208 g/mol. The SMILES string of the molecule is CC[C@H]1COC(=O)N1c1nc(C)nc(C)n1. The van der Waals surface area contributed by atoms with Crippen molar-refractivity contribution in [1.29, 1.82) is 0 Å². The first-order valence-electron chi connectivity index (χ1n) is 5.27. The van der Waals surface area contributed by atoms with Crippen molar-refractivity contribution < 1.29 is 9.53 Å². The topological polar surface area (TPSA) is 68.2 Å². The molecule has 2 rings (SSSR count). The maximum Gasteiger partial charge on any atom is 0.417 e. The first-order valence-corrected chi connectivity index (χ1v) is 5.27. The molecule has 6 heteroatoms. The van der Waals surface area contributed by atoms with Gasteiger partial charge in [0, 0.05) is 0 Å². The molecule has 1 aromatic rings. The first-order chi connectivity index (χ1) is 7.61. The first kappa shape index (κ1) is 10.8. The minimum absolute atomic E-state index is 0.0219. The lowest BCUT2D eigenvalue weighted by Crippen LogP contribution is -2.34. The number of hydrogen-bond donors (Lipinski definition) is 0.